The molecule has 2 rings (SSSR count). The van der Waals surface area contributed by atoms with Crippen LogP contribution in [0.3, 0.4) is 0 Å². The van der Waals surface area contributed by atoms with Crippen LogP contribution in [0.25, 0.3) is 11.4 Å². The maximum atomic E-state index is 12.2. The van der Waals surface area contributed by atoms with Crippen LogP contribution in [0.2, 0.25) is 0 Å². The summed E-state index contributed by atoms with van der Waals surface area (Å²) in [6.45, 7) is 4.42. The summed E-state index contributed by atoms with van der Waals surface area (Å²) in [6, 6.07) is 4.77. The molecule has 11 heteroatoms. The number of anilines is 1. The minimum atomic E-state index is -4.70. The van der Waals surface area contributed by atoms with Gasteiger partial charge in [-0.2, -0.15) is 23.1 Å². The molecule has 1 heterocycles. The van der Waals surface area contributed by atoms with Gasteiger partial charge in [-0.25, -0.2) is 4.79 Å². The van der Waals surface area contributed by atoms with E-state index >= 15 is 0 Å². The molecule has 0 bridgehead atoms. The van der Waals surface area contributed by atoms with E-state index in [0.717, 1.165) is 5.43 Å². The van der Waals surface area contributed by atoms with Gasteiger partial charge in [-0.05, 0) is 32.0 Å². The zero-order valence-electron chi connectivity index (χ0n) is 13.4. The predicted octanol–water partition coefficient (Wildman–Crippen LogP) is 2.07. The van der Waals surface area contributed by atoms with Crippen LogP contribution in [0.15, 0.2) is 23.0 Å². The van der Waals surface area contributed by atoms with Gasteiger partial charge < -0.3 is 9.47 Å². The fraction of sp³-hybridized carbons (Fsp3) is 0.357. The lowest BCUT2D eigenvalue weighted by Crippen LogP contribution is -2.37. The number of aromatic amines is 1. The normalized spacial score (nSPS) is 11.2. The van der Waals surface area contributed by atoms with Crippen LogP contribution in [0.5, 0.6) is 11.5 Å². The van der Waals surface area contributed by atoms with Crippen LogP contribution in [0.4, 0.5) is 19.1 Å². The second kappa shape index (κ2) is 7.83. The first-order valence-corrected chi connectivity index (χ1v) is 7.30. The minimum Gasteiger partial charge on any atom is -0.490 e. The Bertz CT molecular complexity index is 779. The van der Waals surface area contributed by atoms with E-state index in [0.29, 0.717) is 30.3 Å². The number of halogens is 3. The number of alkyl halides is 3. The Morgan fingerprint density at radius 3 is 2.44 bits per heavy atom. The molecule has 1 aromatic carbocycles. The van der Waals surface area contributed by atoms with E-state index in [1.54, 1.807) is 30.5 Å². The number of hydrazine groups is 1. The van der Waals surface area contributed by atoms with Crippen molar-refractivity contribution in [1.82, 2.24) is 20.4 Å². The topological polar surface area (TPSA) is 101 Å². The standard InChI is InChI=1S/C14H16F3N5O3/c1-3-24-9-6-5-8(7-10(9)25-4-2)11-18-12(20-13(23)19-11)21-22-14(15,16)17/h5-7,22H,3-4H2,1-2H3,(H2,18,19,20,21,23). The molecule has 1 aromatic heterocycles. The second-order valence-electron chi connectivity index (χ2n) is 4.60. The molecule has 0 aliphatic carbocycles. The summed E-state index contributed by atoms with van der Waals surface area (Å²) < 4.78 is 47.4. The van der Waals surface area contributed by atoms with Crippen LogP contribution in [0.1, 0.15) is 13.8 Å². The average molecular weight is 359 g/mol. The van der Waals surface area contributed by atoms with Crippen molar-refractivity contribution in [3.63, 3.8) is 0 Å². The van der Waals surface area contributed by atoms with E-state index in [1.165, 1.54) is 0 Å². The highest BCUT2D eigenvalue weighted by atomic mass is 19.4. The van der Waals surface area contributed by atoms with E-state index in [-0.39, 0.29) is 5.82 Å². The van der Waals surface area contributed by atoms with Crippen LogP contribution < -0.4 is 26.0 Å². The Kier molecular flexibility index (Phi) is 5.80. The Morgan fingerprint density at radius 2 is 1.80 bits per heavy atom. The van der Waals surface area contributed by atoms with Gasteiger partial charge in [0.05, 0.1) is 13.2 Å². The van der Waals surface area contributed by atoms with Gasteiger partial charge in [0.25, 0.3) is 0 Å². The third-order valence-electron chi connectivity index (χ3n) is 2.78. The van der Waals surface area contributed by atoms with Crippen molar-refractivity contribution in [3.8, 4) is 22.9 Å². The molecule has 0 saturated heterocycles. The van der Waals surface area contributed by atoms with Crippen LogP contribution in [0, 0.1) is 0 Å². The first-order valence-electron chi connectivity index (χ1n) is 7.30. The number of H-pyrrole nitrogens is 1. The molecule has 0 amide bonds. The van der Waals surface area contributed by atoms with E-state index in [2.05, 4.69) is 15.0 Å². The molecule has 0 saturated carbocycles. The number of hydrogen-bond acceptors (Lipinski definition) is 7. The zero-order chi connectivity index (χ0) is 18.4. The fourth-order valence-electron chi connectivity index (χ4n) is 1.90. The third-order valence-corrected chi connectivity index (χ3v) is 2.78. The molecule has 0 radical (unpaired) electrons. The molecule has 0 aliphatic rings. The van der Waals surface area contributed by atoms with E-state index in [9.17, 15) is 18.0 Å². The Balaban J connectivity index is 2.35. The number of nitrogens with one attached hydrogen (secondary N) is 3. The van der Waals surface area contributed by atoms with Crippen LogP contribution >= 0.6 is 0 Å². The quantitative estimate of drug-likeness (QED) is 0.514. The van der Waals surface area contributed by atoms with E-state index in [1.807, 2.05) is 6.92 Å². The first-order chi connectivity index (χ1) is 11.8. The highest BCUT2D eigenvalue weighted by Crippen LogP contribution is 2.31. The lowest BCUT2D eigenvalue weighted by Gasteiger charge is -2.13. The Morgan fingerprint density at radius 1 is 1.12 bits per heavy atom. The maximum absolute atomic E-state index is 12.2. The van der Waals surface area contributed by atoms with Crippen molar-refractivity contribution in [3.05, 3.63) is 28.7 Å². The number of ether oxygens (including phenoxy) is 2. The van der Waals surface area contributed by atoms with Crippen molar-refractivity contribution < 1.29 is 22.6 Å². The Hall–Kier alpha value is -2.82. The molecule has 8 nitrogen and oxygen atoms in total. The number of rotatable bonds is 7. The summed E-state index contributed by atoms with van der Waals surface area (Å²) in [5, 5.41) is 0. The molecular formula is C14H16F3N5O3. The van der Waals surface area contributed by atoms with Crippen LogP contribution in [-0.4, -0.2) is 34.5 Å². The predicted molar refractivity (Wildman–Crippen MR) is 83.2 cm³/mol. The van der Waals surface area contributed by atoms with Crippen molar-refractivity contribution in [2.24, 2.45) is 0 Å². The molecule has 0 fully saturated rings. The summed E-state index contributed by atoms with van der Waals surface area (Å²) in [5.41, 5.74) is 2.32. The molecule has 0 aliphatic heterocycles. The summed E-state index contributed by atoms with van der Waals surface area (Å²) >= 11 is 0. The highest BCUT2D eigenvalue weighted by molar-refractivity contribution is 5.61. The summed E-state index contributed by atoms with van der Waals surface area (Å²) in [5.74, 6) is 0.421. The first kappa shape index (κ1) is 18.5. The Labute approximate surface area is 140 Å². The van der Waals surface area contributed by atoms with Gasteiger partial charge in [0.1, 0.15) is 5.82 Å². The van der Waals surface area contributed by atoms with Gasteiger partial charge >= 0.3 is 12.0 Å². The van der Waals surface area contributed by atoms with E-state index in [4.69, 9.17) is 9.47 Å². The lowest BCUT2D eigenvalue weighted by molar-refractivity contribution is -0.151. The number of benzene rings is 1. The summed E-state index contributed by atoms with van der Waals surface area (Å²) in [6.07, 6.45) is -4.70. The SMILES string of the molecule is CCOc1ccc(-c2nc(NNC(F)(F)F)nc(=O)[nH]2)cc1OCC. The zero-order valence-corrected chi connectivity index (χ0v) is 13.4. The third kappa shape index (κ3) is 5.35. The van der Waals surface area contributed by atoms with Crippen molar-refractivity contribution in [2.75, 3.05) is 18.6 Å². The fourth-order valence-corrected chi connectivity index (χ4v) is 1.90. The van der Waals surface area contributed by atoms with Gasteiger partial charge in [0.15, 0.2) is 11.5 Å². The largest absolute Gasteiger partial charge is 0.490 e. The molecule has 136 valence electrons. The maximum Gasteiger partial charge on any atom is 0.474 e. The molecular weight excluding hydrogens is 343 g/mol. The van der Waals surface area contributed by atoms with Gasteiger partial charge in [0.2, 0.25) is 5.95 Å². The monoisotopic (exact) mass is 359 g/mol. The second-order valence-corrected chi connectivity index (χ2v) is 4.60. The molecule has 0 spiro atoms. The van der Waals surface area contributed by atoms with Crippen molar-refractivity contribution in [1.29, 1.82) is 0 Å². The smallest absolute Gasteiger partial charge is 0.474 e. The lowest BCUT2D eigenvalue weighted by atomic mass is 10.2. The highest BCUT2D eigenvalue weighted by Gasteiger charge is 2.27. The number of hydrogen-bond donors (Lipinski definition) is 3. The van der Waals surface area contributed by atoms with Gasteiger partial charge in [-0.15, -0.1) is 5.43 Å². The summed E-state index contributed by atoms with van der Waals surface area (Å²) in [4.78, 5) is 21.1. The van der Waals surface area contributed by atoms with Gasteiger partial charge in [0, 0.05) is 5.56 Å². The number of aromatic nitrogens is 3. The summed E-state index contributed by atoms with van der Waals surface area (Å²) in [7, 11) is 0. The van der Waals surface area contributed by atoms with Crippen molar-refractivity contribution >= 4 is 5.95 Å². The average Bonchev–Trinajstić information content (AvgIpc) is 2.54. The number of nitrogens with zero attached hydrogens (tertiary/aromatic N) is 2. The van der Waals surface area contributed by atoms with Crippen LogP contribution in [-0.2, 0) is 0 Å². The molecule has 3 N–H and O–H groups in total. The molecule has 0 unspecified atom stereocenters. The van der Waals surface area contributed by atoms with Crippen molar-refractivity contribution in [2.45, 2.75) is 20.1 Å². The minimum absolute atomic E-state index is 0.0236. The molecule has 2 aromatic rings. The van der Waals surface area contributed by atoms with E-state index < -0.39 is 17.9 Å². The van der Waals surface area contributed by atoms with Gasteiger partial charge in [-0.1, -0.05) is 0 Å². The molecule has 25 heavy (non-hydrogen) atoms. The molecule has 0 atom stereocenters. The van der Waals surface area contributed by atoms with Gasteiger partial charge in [-0.3, -0.25) is 10.4 Å².